The second-order valence-electron chi connectivity index (χ2n) is 16.6. The minimum absolute atomic E-state index is 0.0230. The number of carbonyl (C=O) groups is 3. The summed E-state index contributed by atoms with van der Waals surface area (Å²) in [6.45, 7) is 5.43. The number of hydrogen-bond donors (Lipinski definition) is 8. The van der Waals surface area contributed by atoms with Crippen molar-refractivity contribution < 1.29 is 29.7 Å². The first-order chi connectivity index (χ1) is 31.0. The van der Waals surface area contributed by atoms with Crippen LogP contribution in [0.3, 0.4) is 0 Å². The zero-order chi connectivity index (χ0) is 45.0. The molecule has 1 aromatic heterocycles. The number of hydrogen-bond acceptors (Lipinski definition) is 8. The number of rotatable bonds is 18. The number of benzene rings is 5. The molecule has 7 rings (SSSR count). The van der Waals surface area contributed by atoms with E-state index in [9.17, 15) is 34.5 Å². The monoisotopic (exact) mass is 864 g/mol. The van der Waals surface area contributed by atoms with Gasteiger partial charge in [-0.3, -0.25) is 19.7 Å². The van der Waals surface area contributed by atoms with Gasteiger partial charge in [0.25, 0.3) is 0 Å². The molecule has 8 N–H and O–H groups in total. The van der Waals surface area contributed by atoms with Gasteiger partial charge >= 0.3 is 6.09 Å². The molecule has 2 atom stereocenters. The molecule has 13 heteroatoms. The molecule has 0 radical (unpaired) electrons. The van der Waals surface area contributed by atoms with E-state index < -0.39 is 12.2 Å². The number of anilines is 1. The number of para-hydroxylation sites is 1. The van der Waals surface area contributed by atoms with Crippen LogP contribution in [0.25, 0.3) is 22.0 Å². The molecule has 6 aromatic rings. The van der Waals surface area contributed by atoms with E-state index in [2.05, 4.69) is 31.2 Å². The summed E-state index contributed by atoms with van der Waals surface area (Å²) in [5.41, 5.74) is 7.99. The molecule has 0 bridgehead atoms. The van der Waals surface area contributed by atoms with Gasteiger partial charge in [0.2, 0.25) is 17.4 Å². The number of aliphatic hydroxyl groups is 1. The predicted molar refractivity (Wildman–Crippen MR) is 249 cm³/mol. The standard InChI is InChI=1S/C51H56N6O7/c1-33(52-32-45(59)42-18-20-44(58)50-43(42)19-21-47(61)55-50)28-34-10-14-37(15-11-34)31-54-48(62)29-35-12-16-36(17-13-35)30-53-46(60)24-27-57-25-22-39(23-26-57)41-9-5-8-40(49(41)56-51(63)64)38-6-3-2-4-7-38/h2-21,33,39,45,52,56,58-59H,22-32H2,1H3,(H,53,60)(H,54,62)(H,55,61)(H,63,64)/t33?,45-/m0/s1. The van der Waals surface area contributed by atoms with Crippen molar-refractivity contribution in [3.8, 4) is 16.9 Å². The average molecular weight is 865 g/mol. The highest BCUT2D eigenvalue weighted by Gasteiger charge is 2.25. The lowest BCUT2D eigenvalue weighted by atomic mass is 9.86. The van der Waals surface area contributed by atoms with E-state index in [0.717, 1.165) is 71.3 Å². The first-order valence-electron chi connectivity index (χ1n) is 21.8. The van der Waals surface area contributed by atoms with Crippen LogP contribution < -0.4 is 26.8 Å². The highest BCUT2D eigenvalue weighted by atomic mass is 16.4. The summed E-state index contributed by atoms with van der Waals surface area (Å²) in [6, 6.07) is 37.7. The van der Waals surface area contributed by atoms with Crippen LogP contribution in [-0.4, -0.2) is 75.3 Å². The van der Waals surface area contributed by atoms with Crippen LogP contribution in [0.5, 0.6) is 5.75 Å². The van der Waals surface area contributed by atoms with Gasteiger partial charge in [-0.1, -0.05) is 103 Å². The first-order valence-corrected chi connectivity index (χ1v) is 21.8. The van der Waals surface area contributed by atoms with Gasteiger partial charge in [-0.05, 0) is 96.3 Å². The lowest BCUT2D eigenvalue weighted by molar-refractivity contribution is -0.122. The van der Waals surface area contributed by atoms with Crippen molar-refractivity contribution in [1.82, 2.24) is 25.8 Å². The number of piperidine rings is 1. The van der Waals surface area contributed by atoms with Crippen LogP contribution in [0.4, 0.5) is 10.5 Å². The van der Waals surface area contributed by atoms with Gasteiger partial charge in [-0.15, -0.1) is 0 Å². The summed E-state index contributed by atoms with van der Waals surface area (Å²) in [4.78, 5) is 54.0. The first kappa shape index (κ1) is 45.2. The third-order valence-corrected chi connectivity index (χ3v) is 12.0. The Hall–Kier alpha value is -6.80. The number of aromatic amines is 1. The molecular formula is C51H56N6O7. The lowest BCUT2D eigenvalue weighted by Gasteiger charge is -2.33. The molecular weight excluding hydrogens is 809 g/mol. The van der Waals surface area contributed by atoms with Crippen molar-refractivity contribution in [2.24, 2.45) is 0 Å². The van der Waals surface area contributed by atoms with E-state index in [1.807, 2.05) is 104 Å². The third kappa shape index (κ3) is 12.2. The Morgan fingerprint density at radius 1 is 0.766 bits per heavy atom. The zero-order valence-electron chi connectivity index (χ0n) is 36.0. The SMILES string of the molecule is CC(Cc1ccc(CNC(=O)Cc2ccc(CNC(=O)CCN3CCC(c4cccc(-c5ccccc5)c4NC(=O)O)CC3)cc2)cc1)NC[C@H](O)c1ccc(O)c2[nH]c(=O)ccc12. The summed E-state index contributed by atoms with van der Waals surface area (Å²) in [5.74, 6) is 0.0515. The fraction of sp³-hybridized carbons (Fsp3) is 0.294. The molecule has 1 aliphatic rings. The molecule has 1 saturated heterocycles. The summed E-state index contributed by atoms with van der Waals surface area (Å²) < 4.78 is 0. The number of amides is 3. The van der Waals surface area contributed by atoms with E-state index >= 15 is 0 Å². The van der Waals surface area contributed by atoms with Crippen LogP contribution in [0.2, 0.25) is 0 Å². The Morgan fingerprint density at radius 3 is 2.11 bits per heavy atom. The molecule has 0 saturated carbocycles. The molecule has 0 aliphatic carbocycles. The zero-order valence-corrected chi connectivity index (χ0v) is 36.0. The lowest BCUT2D eigenvalue weighted by Crippen LogP contribution is -2.36. The number of carbonyl (C=O) groups excluding carboxylic acids is 2. The van der Waals surface area contributed by atoms with E-state index in [-0.39, 0.29) is 41.5 Å². The van der Waals surface area contributed by atoms with Gasteiger partial charge in [0.05, 0.1) is 23.7 Å². The van der Waals surface area contributed by atoms with Gasteiger partial charge in [-0.2, -0.15) is 0 Å². The van der Waals surface area contributed by atoms with Crippen LogP contribution in [0.15, 0.2) is 126 Å². The van der Waals surface area contributed by atoms with Crippen LogP contribution in [0.1, 0.15) is 71.6 Å². The number of phenols is 1. The Labute approximate surface area is 372 Å². The second kappa shape index (κ2) is 21.5. The molecule has 1 unspecified atom stereocenters. The Kier molecular flexibility index (Phi) is 15.2. The number of H-pyrrole nitrogens is 1. The number of carboxylic acid groups (broad SMARTS) is 1. The van der Waals surface area contributed by atoms with Crippen molar-refractivity contribution >= 4 is 34.5 Å². The number of aromatic hydroxyl groups is 1. The second-order valence-corrected chi connectivity index (χ2v) is 16.6. The molecule has 64 heavy (non-hydrogen) atoms. The number of pyridine rings is 1. The summed E-state index contributed by atoms with van der Waals surface area (Å²) in [7, 11) is 0. The molecule has 13 nitrogen and oxygen atoms in total. The summed E-state index contributed by atoms with van der Waals surface area (Å²) in [5, 5.41) is 43.3. The molecule has 5 aromatic carbocycles. The Bertz CT molecular complexity index is 2590. The number of nitrogens with one attached hydrogen (secondary N) is 5. The number of fused-ring (bicyclic) bond motifs is 1. The van der Waals surface area contributed by atoms with E-state index in [0.29, 0.717) is 54.8 Å². The number of phenolic OH excluding ortho intramolecular Hbond substituents is 1. The van der Waals surface area contributed by atoms with Gasteiger partial charge in [0.1, 0.15) is 5.75 Å². The van der Waals surface area contributed by atoms with Crippen molar-refractivity contribution in [2.45, 2.75) is 70.2 Å². The maximum atomic E-state index is 12.8. The van der Waals surface area contributed by atoms with Crippen LogP contribution >= 0.6 is 0 Å². The maximum Gasteiger partial charge on any atom is 0.409 e. The molecule has 1 fully saturated rings. The van der Waals surface area contributed by atoms with Gasteiger partial charge in [0, 0.05) is 55.7 Å². The van der Waals surface area contributed by atoms with Crippen LogP contribution in [0, 0.1) is 0 Å². The van der Waals surface area contributed by atoms with E-state index in [4.69, 9.17) is 0 Å². The number of aromatic nitrogens is 1. The Morgan fingerprint density at radius 2 is 1.42 bits per heavy atom. The molecule has 1 aliphatic heterocycles. The van der Waals surface area contributed by atoms with Gasteiger partial charge in [0.15, 0.2) is 0 Å². The quantitative estimate of drug-likeness (QED) is 0.0449. The normalized spacial score (nSPS) is 14.2. The molecule has 332 valence electrons. The smallest absolute Gasteiger partial charge is 0.409 e. The number of aliphatic hydroxyl groups excluding tert-OH is 1. The average Bonchev–Trinajstić information content (AvgIpc) is 3.30. The molecule has 3 amide bonds. The van der Waals surface area contributed by atoms with E-state index in [1.54, 1.807) is 12.1 Å². The number of likely N-dealkylation sites (tertiary alicyclic amines) is 1. The Balaban J connectivity index is 0.781. The topological polar surface area (TPSA) is 196 Å². The van der Waals surface area contributed by atoms with Crippen LogP contribution in [-0.2, 0) is 35.5 Å². The number of nitrogens with zero attached hydrogens (tertiary/aromatic N) is 1. The van der Waals surface area contributed by atoms with Gasteiger partial charge < -0.3 is 41.2 Å². The highest BCUT2D eigenvalue weighted by Crippen LogP contribution is 2.39. The summed E-state index contributed by atoms with van der Waals surface area (Å²) in [6.07, 6.45) is 1.17. The van der Waals surface area contributed by atoms with Crippen molar-refractivity contribution in [3.63, 3.8) is 0 Å². The third-order valence-electron chi connectivity index (χ3n) is 12.0. The minimum Gasteiger partial charge on any atom is -0.506 e. The summed E-state index contributed by atoms with van der Waals surface area (Å²) >= 11 is 0. The van der Waals surface area contributed by atoms with Crippen molar-refractivity contribution in [2.75, 3.05) is 31.5 Å². The minimum atomic E-state index is -1.08. The largest absolute Gasteiger partial charge is 0.506 e. The van der Waals surface area contributed by atoms with E-state index in [1.165, 1.54) is 12.1 Å². The molecule has 2 heterocycles. The van der Waals surface area contributed by atoms with Crippen molar-refractivity contribution in [3.05, 3.63) is 165 Å². The fourth-order valence-electron chi connectivity index (χ4n) is 8.45. The maximum absolute atomic E-state index is 12.8. The molecule has 0 spiro atoms. The predicted octanol–water partition coefficient (Wildman–Crippen LogP) is 6.99. The fourth-order valence-corrected chi connectivity index (χ4v) is 8.45. The van der Waals surface area contributed by atoms with Gasteiger partial charge in [-0.25, -0.2) is 4.79 Å². The highest BCUT2D eigenvalue weighted by molar-refractivity contribution is 5.92. The van der Waals surface area contributed by atoms with Crippen molar-refractivity contribution in [1.29, 1.82) is 0 Å².